The summed E-state index contributed by atoms with van der Waals surface area (Å²) >= 11 is 0. The Balaban J connectivity index is 1.33. The molecule has 1 aliphatic rings. The number of rotatable bonds is 5. The van der Waals surface area contributed by atoms with Crippen molar-refractivity contribution in [3.8, 4) is 0 Å². The second kappa shape index (κ2) is 8.02. The van der Waals surface area contributed by atoms with E-state index in [1.807, 2.05) is 30.3 Å². The van der Waals surface area contributed by atoms with E-state index in [2.05, 4.69) is 10.3 Å². The lowest BCUT2D eigenvalue weighted by Crippen LogP contribution is -2.35. The minimum Gasteiger partial charge on any atom is -0.458 e. The van der Waals surface area contributed by atoms with Gasteiger partial charge in [-0.25, -0.2) is 4.98 Å². The first-order chi connectivity index (χ1) is 14.0. The van der Waals surface area contributed by atoms with Gasteiger partial charge in [-0.1, -0.05) is 30.3 Å². The molecular formula is C21H19BN2O5. The van der Waals surface area contributed by atoms with E-state index in [1.54, 1.807) is 25.1 Å². The molecule has 7 nitrogen and oxygen atoms in total. The van der Waals surface area contributed by atoms with Crippen LogP contribution >= 0.6 is 0 Å². The normalized spacial score (nSPS) is 12.7. The van der Waals surface area contributed by atoms with E-state index in [0.29, 0.717) is 28.9 Å². The fourth-order valence-corrected chi connectivity index (χ4v) is 3.39. The predicted molar refractivity (Wildman–Crippen MR) is 107 cm³/mol. The van der Waals surface area contributed by atoms with Gasteiger partial charge in [-0.2, -0.15) is 0 Å². The number of nitrogens with one attached hydrogen (secondary N) is 1. The SMILES string of the molecule is Cc1c(C(=O)NCC(=O)OCc2ccc3ccccc3n2)ccc2c1B(O)OC2. The van der Waals surface area contributed by atoms with Crippen LogP contribution in [0.5, 0.6) is 0 Å². The molecule has 146 valence electrons. The fraction of sp³-hybridized carbons (Fsp3) is 0.190. The Morgan fingerprint density at radius 2 is 2.03 bits per heavy atom. The first kappa shape index (κ1) is 19.1. The first-order valence-electron chi connectivity index (χ1n) is 9.23. The van der Waals surface area contributed by atoms with E-state index in [9.17, 15) is 14.6 Å². The second-order valence-electron chi connectivity index (χ2n) is 6.81. The van der Waals surface area contributed by atoms with Crippen molar-refractivity contribution < 1.29 is 24.0 Å². The van der Waals surface area contributed by atoms with Crippen molar-refractivity contribution in [1.82, 2.24) is 10.3 Å². The Bertz CT molecular complexity index is 1100. The Labute approximate surface area is 167 Å². The number of esters is 1. The van der Waals surface area contributed by atoms with Crippen molar-refractivity contribution in [2.24, 2.45) is 0 Å². The molecule has 2 N–H and O–H groups in total. The molecule has 1 amide bonds. The monoisotopic (exact) mass is 390 g/mol. The summed E-state index contributed by atoms with van der Waals surface area (Å²) in [6, 6.07) is 14.8. The van der Waals surface area contributed by atoms with Gasteiger partial charge in [0, 0.05) is 10.9 Å². The summed E-state index contributed by atoms with van der Waals surface area (Å²) in [7, 11) is -1.03. The lowest BCUT2D eigenvalue weighted by molar-refractivity contribution is -0.143. The van der Waals surface area contributed by atoms with Crippen molar-refractivity contribution in [2.45, 2.75) is 20.1 Å². The highest BCUT2D eigenvalue weighted by atomic mass is 16.5. The average molecular weight is 390 g/mol. The fourth-order valence-electron chi connectivity index (χ4n) is 3.39. The number of aromatic nitrogens is 1. The Morgan fingerprint density at radius 3 is 2.90 bits per heavy atom. The first-order valence-corrected chi connectivity index (χ1v) is 9.23. The summed E-state index contributed by atoms with van der Waals surface area (Å²) in [5.74, 6) is -0.972. The maximum Gasteiger partial charge on any atom is 0.492 e. The van der Waals surface area contributed by atoms with Crippen molar-refractivity contribution >= 4 is 35.4 Å². The van der Waals surface area contributed by atoms with Crippen LogP contribution in [0.15, 0.2) is 48.5 Å². The third kappa shape index (κ3) is 3.99. The number of carbonyl (C=O) groups excluding carboxylic acids is 2. The van der Waals surface area contributed by atoms with Crippen LogP contribution in [0.2, 0.25) is 0 Å². The Morgan fingerprint density at radius 1 is 1.21 bits per heavy atom. The molecule has 1 aromatic heterocycles. The smallest absolute Gasteiger partial charge is 0.458 e. The molecule has 29 heavy (non-hydrogen) atoms. The van der Waals surface area contributed by atoms with Gasteiger partial charge >= 0.3 is 13.1 Å². The zero-order valence-corrected chi connectivity index (χ0v) is 15.8. The number of fused-ring (bicyclic) bond motifs is 2. The number of para-hydroxylation sites is 1. The van der Waals surface area contributed by atoms with Gasteiger partial charge in [0.25, 0.3) is 5.91 Å². The molecule has 4 rings (SSSR count). The maximum atomic E-state index is 12.4. The molecule has 0 unspecified atom stereocenters. The minimum atomic E-state index is -1.03. The molecular weight excluding hydrogens is 371 g/mol. The van der Waals surface area contributed by atoms with Crippen LogP contribution < -0.4 is 10.8 Å². The molecule has 0 aliphatic carbocycles. The van der Waals surface area contributed by atoms with Crippen LogP contribution in [-0.4, -0.2) is 35.5 Å². The van der Waals surface area contributed by atoms with Gasteiger partial charge in [-0.05, 0) is 41.7 Å². The minimum absolute atomic E-state index is 0.0287. The van der Waals surface area contributed by atoms with E-state index >= 15 is 0 Å². The number of nitrogens with zero attached hydrogens (tertiary/aromatic N) is 1. The van der Waals surface area contributed by atoms with Gasteiger partial charge in [0.15, 0.2) is 0 Å². The van der Waals surface area contributed by atoms with Crippen LogP contribution in [0.4, 0.5) is 0 Å². The summed E-state index contributed by atoms with van der Waals surface area (Å²) in [5.41, 5.74) is 3.95. The van der Waals surface area contributed by atoms with Crippen LogP contribution in [0.1, 0.15) is 27.2 Å². The molecule has 0 atom stereocenters. The Kier molecular flexibility index (Phi) is 5.29. The largest absolute Gasteiger partial charge is 0.492 e. The number of ether oxygens (including phenoxy) is 1. The molecule has 1 aliphatic heterocycles. The molecule has 0 saturated carbocycles. The van der Waals surface area contributed by atoms with Gasteiger partial charge < -0.3 is 19.7 Å². The quantitative estimate of drug-likeness (QED) is 0.503. The molecule has 0 bridgehead atoms. The second-order valence-corrected chi connectivity index (χ2v) is 6.81. The van der Waals surface area contributed by atoms with Crippen molar-refractivity contribution in [2.75, 3.05) is 6.54 Å². The zero-order valence-electron chi connectivity index (χ0n) is 15.8. The highest BCUT2D eigenvalue weighted by molar-refractivity contribution is 6.62. The number of hydrogen-bond acceptors (Lipinski definition) is 6. The number of benzene rings is 2. The van der Waals surface area contributed by atoms with E-state index in [-0.39, 0.29) is 13.2 Å². The summed E-state index contributed by atoms with van der Waals surface area (Å²) in [6.45, 7) is 1.83. The molecule has 0 saturated heterocycles. The molecule has 3 aromatic rings. The molecule has 2 aromatic carbocycles. The van der Waals surface area contributed by atoms with Crippen molar-refractivity contribution in [1.29, 1.82) is 0 Å². The van der Waals surface area contributed by atoms with Gasteiger partial charge in [0.1, 0.15) is 13.2 Å². The van der Waals surface area contributed by atoms with Crippen LogP contribution in [0.3, 0.4) is 0 Å². The van der Waals surface area contributed by atoms with Crippen LogP contribution in [-0.2, 0) is 27.4 Å². The Hall–Kier alpha value is -3.23. The highest BCUT2D eigenvalue weighted by Crippen LogP contribution is 2.16. The highest BCUT2D eigenvalue weighted by Gasteiger charge is 2.31. The van der Waals surface area contributed by atoms with E-state index < -0.39 is 19.0 Å². The molecule has 8 heteroatoms. The number of hydrogen-bond donors (Lipinski definition) is 2. The van der Waals surface area contributed by atoms with Crippen LogP contribution in [0.25, 0.3) is 10.9 Å². The van der Waals surface area contributed by atoms with Gasteiger partial charge in [0.05, 0.1) is 17.8 Å². The molecule has 0 radical (unpaired) electrons. The van der Waals surface area contributed by atoms with Crippen molar-refractivity contribution in [3.63, 3.8) is 0 Å². The van der Waals surface area contributed by atoms with E-state index in [4.69, 9.17) is 9.39 Å². The maximum absolute atomic E-state index is 12.4. The van der Waals surface area contributed by atoms with Gasteiger partial charge in [-0.15, -0.1) is 0 Å². The van der Waals surface area contributed by atoms with Crippen molar-refractivity contribution in [3.05, 3.63) is 70.9 Å². The zero-order chi connectivity index (χ0) is 20.4. The van der Waals surface area contributed by atoms with E-state index in [1.165, 1.54) is 0 Å². The van der Waals surface area contributed by atoms with Crippen LogP contribution in [0, 0.1) is 6.92 Å². The van der Waals surface area contributed by atoms with Gasteiger partial charge in [-0.3, -0.25) is 9.59 Å². The average Bonchev–Trinajstić information content (AvgIpc) is 3.12. The number of carbonyl (C=O) groups is 2. The number of pyridine rings is 1. The van der Waals surface area contributed by atoms with Gasteiger partial charge in [0.2, 0.25) is 0 Å². The summed E-state index contributed by atoms with van der Waals surface area (Å²) in [5, 5.41) is 13.5. The molecule has 0 fully saturated rings. The molecule has 2 heterocycles. The lowest BCUT2D eigenvalue weighted by atomic mass is 9.75. The van der Waals surface area contributed by atoms with E-state index in [0.717, 1.165) is 16.5 Å². The predicted octanol–water partition coefficient (Wildman–Crippen LogP) is 1.23. The lowest BCUT2D eigenvalue weighted by Gasteiger charge is -2.11. The number of amides is 1. The topological polar surface area (TPSA) is 97.8 Å². The standard InChI is InChI=1S/C21H19BN2O5/c1-13-17(9-7-15-11-29-22(27)20(13)15)21(26)23-10-19(25)28-12-16-8-6-14-4-2-3-5-18(14)24-16/h2-9,27H,10-12H2,1H3,(H,23,26). The summed E-state index contributed by atoms with van der Waals surface area (Å²) in [6.07, 6.45) is 0. The third-order valence-electron chi connectivity index (χ3n) is 4.92. The third-order valence-corrected chi connectivity index (χ3v) is 4.92. The summed E-state index contributed by atoms with van der Waals surface area (Å²) in [4.78, 5) is 28.9. The molecule has 0 spiro atoms. The summed E-state index contributed by atoms with van der Waals surface area (Å²) < 4.78 is 10.4.